The third-order valence-electron chi connectivity index (χ3n) is 3.88. The molecule has 0 saturated carbocycles. The third-order valence-corrected chi connectivity index (χ3v) is 5.07. The highest BCUT2D eigenvalue weighted by Crippen LogP contribution is 2.36. The van der Waals surface area contributed by atoms with E-state index >= 15 is 0 Å². The Kier molecular flexibility index (Phi) is 3.63. The largest absolute Gasteiger partial charge is 0.345 e. The van der Waals surface area contributed by atoms with Crippen molar-refractivity contribution in [3.63, 3.8) is 0 Å². The van der Waals surface area contributed by atoms with Crippen molar-refractivity contribution in [3.05, 3.63) is 40.4 Å². The standard InChI is InChI=1S/C15H14F2N4OS/c1-15(6-12(22)21(2)14(18)20-15)10-5-8(7-23-10)9-3-4-11(16)19-13(9)17/h3-5,7H,6H2,1-2H3,(H2,18,20)/t15-/m0/s1. The van der Waals surface area contributed by atoms with Gasteiger partial charge in [0.05, 0.1) is 12.0 Å². The summed E-state index contributed by atoms with van der Waals surface area (Å²) in [6, 6.07) is 4.17. The first-order valence-electron chi connectivity index (χ1n) is 6.85. The SMILES string of the molecule is CN1C(=N)N[C@](C)(c2cc(-c3ccc(F)nc3F)cs2)CC1=O. The average molecular weight is 336 g/mol. The zero-order chi connectivity index (χ0) is 16.8. The minimum Gasteiger partial charge on any atom is -0.345 e. The van der Waals surface area contributed by atoms with Gasteiger partial charge in [-0.25, -0.2) is 0 Å². The smallest absolute Gasteiger partial charge is 0.231 e. The lowest BCUT2D eigenvalue weighted by Gasteiger charge is -2.38. The van der Waals surface area contributed by atoms with Gasteiger partial charge < -0.3 is 5.32 Å². The van der Waals surface area contributed by atoms with Crippen LogP contribution in [0.1, 0.15) is 18.2 Å². The molecule has 0 aromatic carbocycles. The number of aromatic nitrogens is 1. The van der Waals surface area contributed by atoms with Gasteiger partial charge in [0.25, 0.3) is 0 Å². The lowest BCUT2D eigenvalue weighted by atomic mass is 9.92. The summed E-state index contributed by atoms with van der Waals surface area (Å²) in [5, 5.41) is 12.6. The van der Waals surface area contributed by atoms with Crippen molar-refractivity contribution in [2.45, 2.75) is 18.9 Å². The molecule has 120 valence electrons. The maximum absolute atomic E-state index is 13.8. The van der Waals surface area contributed by atoms with Gasteiger partial charge in [0.1, 0.15) is 0 Å². The number of nitrogens with zero attached hydrogens (tertiary/aromatic N) is 2. The highest BCUT2D eigenvalue weighted by molar-refractivity contribution is 7.10. The number of hydrogen-bond donors (Lipinski definition) is 2. The second-order valence-electron chi connectivity index (χ2n) is 5.61. The molecule has 1 saturated heterocycles. The first kappa shape index (κ1) is 15.5. The predicted octanol–water partition coefficient (Wildman–Crippen LogP) is 2.69. The summed E-state index contributed by atoms with van der Waals surface area (Å²) in [6.45, 7) is 1.82. The molecule has 3 heterocycles. The molecular weight excluding hydrogens is 322 g/mol. The van der Waals surface area contributed by atoms with Crippen molar-refractivity contribution < 1.29 is 13.6 Å². The van der Waals surface area contributed by atoms with Gasteiger partial charge in [0.15, 0.2) is 5.96 Å². The monoisotopic (exact) mass is 336 g/mol. The summed E-state index contributed by atoms with van der Waals surface area (Å²) in [7, 11) is 1.54. The normalized spacial score (nSPS) is 21.5. The van der Waals surface area contributed by atoms with E-state index in [1.54, 1.807) is 11.4 Å². The first-order chi connectivity index (χ1) is 10.8. The Labute approximate surface area is 135 Å². The molecule has 1 fully saturated rings. The Morgan fingerprint density at radius 3 is 2.83 bits per heavy atom. The molecule has 1 amide bonds. The Bertz CT molecular complexity index is 787. The van der Waals surface area contributed by atoms with Crippen molar-refractivity contribution in [1.82, 2.24) is 15.2 Å². The minimum absolute atomic E-state index is 0.0216. The van der Waals surface area contributed by atoms with E-state index in [9.17, 15) is 13.6 Å². The van der Waals surface area contributed by atoms with Crippen LogP contribution in [0.25, 0.3) is 11.1 Å². The maximum Gasteiger partial charge on any atom is 0.231 e. The van der Waals surface area contributed by atoms with E-state index in [4.69, 9.17) is 5.41 Å². The molecule has 1 atom stereocenters. The molecule has 2 aromatic rings. The second-order valence-corrected chi connectivity index (χ2v) is 6.52. The van der Waals surface area contributed by atoms with Gasteiger partial charge in [0, 0.05) is 17.5 Å². The van der Waals surface area contributed by atoms with E-state index in [1.807, 2.05) is 6.92 Å². The number of thiophene rings is 1. The van der Waals surface area contributed by atoms with Crippen LogP contribution in [0, 0.1) is 17.3 Å². The molecule has 1 aliphatic heterocycles. The number of halogens is 2. The molecule has 3 rings (SSSR count). The molecule has 1 aliphatic rings. The molecule has 8 heteroatoms. The summed E-state index contributed by atoms with van der Waals surface area (Å²) in [4.78, 5) is 17.2. The minimum atomic E-state index is -0.875. The van der Waals surface area contributed by atoms with Gasteiger partial charge in [-0.3, -0.25) is 15.1 Å². The first-order valence-corrected chi connectivity index (χ1v) is 7.73. The van der Waals surface area contributed by atoms with Gasteiger partial charge in [-0.2, -0.15) is 13.8 Å². The van der Waals surface area contributed by atoms with Crippen molar-refractivity contribution in [3.8, 4) is 11.1 Å². The van der Waals surface area contributed by atoms with Gasteiger partial charge in [0.2, 0.25) is 17.8 Å². The van der Waals surface area contributed by atoms with E-state index in [0.717, 1.165) is 10.9 Å². The fraction of sp³-hybridized carbons (Fsp3) is 0.267. The van der Waals surface area contributed by atoms with Crippen molar-refractivity contribution in [1.29, 1.82) is 5.41 Å². The number of amides is 1. The lowest BCUT2D eigenvalue weighted by molar-refractivity contribution is -0.129. The van der Waals surface area contributed by atoms with E-state index in [1.165, 1.54) is 29.4 Å². The third kappa shape index (κ3) is 2.70. The molecule has 0 bridgehead atoms. The van der Waals surface area contributed by atoms with Gasteiger partial charge in [-0.1, -0.05) is 0 Å². The van der Waals surface area contributed by atoms with Crippen LogP contribution in [-0.2, 0) is 10.3 Å². The Morgan fingerprint density at radius 2 is 2.17 bits per heavy atom. The Balaban J connectivity index is 1.95. The maximum atomic E-state index is 13.8. The number of rotatable bonds is 2. The lowest BCUT2D eigenvalue weighted by Crippen LogP contribution is -2.57. The average Bonchev–Trinajstić information content (AvgIpc) is 2.95. The van der Waals surface area contributed by atoms with Crippen LogP contribution in [0.3, 0.4) is 0 Å². The summed E-state index contributed by atoms with van der Waals surface area (Å²) in [6.07, 6.45) is 0.190. The van der Waals surface area contributed by atoms with Gasteiger partial charge in [-0.15, -0.1) is 11.3 Å². The fourth-order valence-electron chi connectivity index (χ4n) is 2.48. The van der Waals surface area contributed by atoms with Crippen molar-refractivity contribution >= 4 is 23.2 Å². The van der Waals surface area contributed by atoms with Gasteiger partial charge in [-0.05, 0) is 36.1 Å². The summed E-state index contributed by atoms with van der Waals surface area (Å²) >= 11 is 1.35. The highest BCUT2D eigenvalue weighted by Gasteiger charge is 2.39. The number of nitrogens with one attached hydrogen (secondary N) is 2. The van der Waals surface area contributed by atoms with E-state index in [2.05, 4.69) is 10.3 Å². The number of guanidine groups is 1. The number of carbonyl (C=O) groups excluding carboxylic acids is 1. The van der Waals surface area contributed by atoms with Crippen LogP contribution in [0.4, 0.5) is 8.78 Å². The molecular formula is C15H14F2N4OS. The number of carbonyl (C=O) groups is 1. The Hall–Kier alpha value is -2.35. The highest BCUT2D eigenvalue weighted by atomic mass is 32.1. The molecule has 0 aliphatic carbocycles. The fourth-order valence-corrected chi connectivity index (χ4v) is 3.51. The van der Waals surface area contributed by atoms with E-state index in [-0.39, 0.29) is 23.9 Å². The van der Waals surface area contributed by atoms with Crippen molar-refractivity contribution in [2.24, 2.45) is 0 Å². The molecule has 5 nitrogen and oxygen atoms in total. The second kappa shape index (κ2) is 5.38. The number of pyridine rings is 1. The van der Waals surface area contributed by atoms with Crippen LogP contribution >= 0.6 is 11.3 Å². The Morgan fingerprint density at radius 1 is 1.43 bits per heavy atom. The van der Waals surface area contributed by atoms with E-state index < -0.39 is 17.4 Å². The van der Waals surface area contributed by atoms with Gasteiger partial charge >= 0.3 is 0 Å². The zero-order valence-electron chi connectivity index (χ0n) is 12.5. The number of hydrogen-bond acceptors (Lipinski definition) is 4. The summed E-state index contributed by atoms with van der Waals surface area (Å²) < 4.78 is 26.7. The molecule has 0 unspecified atom stereocenters. The molecule has 2 N–H and O–H groups in total. The van der Waals surface area contributed by atoms with Crippen LogP contribution < -0.4 is 5.32 Å². The van der Waals surface area contributed by atoms with Crippen molar-refractivity contribution in [2.75, 3.05) is 7.05 Å². The summed E-state index contributed by atoms with van der Waals surface area (Å²) in [5.74, 6) is -1.89. The predicted molar refractivity (Wildman–Crippen MR) is 83.1 cm³/mol. The molecule has 23 heavy (non-hydrogen) atoms. The molecule has 0 spiro atoms. The quantitative estimate of drug-likeness (QED) is 0.829. The molecule has 2 aromatic heterocycles. The van der Waals surface area contributed by atoms with Crippen LogP contribution in [0.15, 0.2) is 23.6 Å². The summed E-state index contributed by atoms with van der Waals surface area (Å²) in [5.41, 5.74) is 0.0378. The van der Waals surface area contributed by atoms with Crippen LogP contribution in [0.2, 0.25) is 0 Å². The topological polar surface area (TPSA) is 69.1 Å². The molecule has 0 radical (unpaired) electrons. The van der Waals surface area contributed by atoms with E-state index in [0.29, 0.717) is 5.56 Å². The van der Waals surface area contributed by atoms with Crippen LogP contribution in [-0.4, -0.2) is 28.8 Å². The van der Waals surface area contributed by atoms with Crippen LogP contribution in [0.5, 0.6) is 0 Å². The zero-order valence-corrected chi connectivity index (χ0v) is 13.3.